The summed E-state index contributed by atoms with van der Waals surface area (Å²) < 4.78 is 5.56. The summed E-state index contributed by atoms with van der Waals surface area (Å²) >= 11 is 6.30. The summed E-state index contributed by atoms with van der Waals surface area (Å²) in [6.07, 6.45) is 3.31. The van der Waals surface area contributed by atoms with Crippen LogP contribution in [0, 0.1) is 0 Å². The van der Waals surface area contributed by atoms with Crippen molar-refractivity contribution < 1.29 is 4.74 Å². The second-order valence-corrected chi connectivity index (χ2v) is 4.89. The zero-order valence-electron chi connectivity index (χ0n) is 8.55. The Morgan fingerprint density at radius 2 is 2.20 bits per heavy atom. The quantitative estimate of drug-likeness (QED) is 0.835. The van der Waals surface area contributed by atoms with Gasteiger partial charge >= 0.3 is 0 Å². The molecule has 2 nitrogen and oxygen atoms in total. The van der Waals surface area contributed by atoms with Crippen molar-refractivity contribution in [3.05, 3.63) is 28.3 Å². The van der Waals surface area contributed by atoms with E-state index in [4.69, 9.17) is 22.1 Å². The van der Waals surface area contributed by atoms with E-state index in [0.717, 1.165) is 23.8 Å². The number of rotatable bonds is 2. The highest BCUT2D eigenvalue weighted by Gasteiger charge is 2.46. The smallest absolute Gasteiger partial charge is 0.123 e. The Bertz CT molecular complexity index is 412. The molecule has 1 aromatic carbocycles. The largest absolute Gasteiger partial charge is 0.493 e. The van der Waals surface area contributed by atoms with Crippen molar-refractivity contribution in [2.24, 2.45) is 5.73 Å². The molecule has 80 valence electrons. The van der Waals surface area contributed by atoms with Gasteiger partial charge in [0, 0.05) is 29.0 Å². The van der Waals surface area contributed by atoms with Crippen molar-refractivity contribution in [1.82, 2.24) is 0 Å². The first kappa shape index (κ1) is 9.49. The van der Waals surface area contributed by atoms with Crippen molar-refractivity contribution in [2.45, 2.75) is 24.7 Å². The lowest BCUT2D eigenvalue weighted by Gasteiger charge is -2.18. The number of benzene rings is 1. The maximum Gasteiger partial charge on any atom is 0.123 e. The van der Waals surface area contributed by atoms with E-state index >= 15 is 0 Å². The molecule has 2 N–H and O–H groups in total. The van der Waals surface area contributed by atoms with Gasteiger partial charge < -0.3 is 10.5 Å². The van der Waals surface area contributed by atoms with Crippen LogP contribution in [0.25, 0.3) is 0 Å². The number of nitrogens with two attached hydrogens (primary N) is 1. The molecule has 1 heterocycles. The van der Waals surface area contributed by atoms with Crippen LogP contribution in [0.3, 0.4) is 0 Å². The van der Waals surface area contributed by atoms with Gasteiger partial charge in [0.15, 0.2) is 0 Å². The third kappa shape index (κ3) is 1.28. The molecular weight excluding hydrogens is 210 g/mol. The van der Waals surface area contributed by atoms with Crippen LogP contribution in [-0.2, 0) is 11.8 Å². The molecule has 2 aliphatic rings. The molecule has 1 aliphatic heterocycles. The van der Waals surface area contributed by atoms with Crippen LogP contribution >= 0.6 is 11.6 Å². The third-order valence-electron chi connectivity index (χ3n) is 3.60. The molecule has 3 rings (SSSR count). The van der Waals surface area contributed by atoms with Gasteiger partial charge in [0.2, 0.25) is 0 Å². The Hall–Kier alpha value is -0.730. The minimum Gasteiger partial charge on any atom is -0.493 e. The van der Waals surface area contributed by atoms with Gasteiger partial charge in [-0.15, -0.1) is 0 Å². The summed E-state index contributed by atoms with van der Waals surface area (Å²) in [7, 11) is 0. The van der Waals surface area contributed by atoms with E-state index in [1.165, 1.54) is 24.0 Å². The molecule has 0 saturated heterocycles. The van der Waals surface area contributed by atoms with Gasteiger partial charge in [-0.05, 0) is 30.5 Å². The Morgan fingerprint density at radius 1 is 1.40 bits per heavy atom. The summed E-state index contributed by atoms with van der Waals surface area (Å²) in [4.78, 5) is 0. The Balaban J connectivity index is 2.17. The van der Waals surface area contributed by atoms with Crippen LogP contribution in [0.5, 0.6) is 5.75 Å². The van der Waals surface area contributed by atoms with Gasteiger partial charge in [0.1, 0.15) is 5.75 Å². The Kier molecular flexibility index (Phi) is 1.98. The van der Waals surface area contributed by atoms with Crippen LogP contribution in [0.4, 0.5) is 0 Å². The lowest BCUT2D eigenvalue weighted by molar-refractivity contribution is 0.357. The molecule has 15 heavy (non-hydrogen) atoms. The van der Waals surface area contributed by atoms with E-state index in [1.54, 1.807) is 0 Å². The summed E-state index contributed by atoms with van der Waals surface area (Å²) in [6.45, 7) is 1.48. The average Bonchev–Trinajstić information content (AvgIpc) is 2.88. The van der Waals surface area contributed by atoms with Gasteiger partial charge in [0.25, 0.3) is 0 Å². The highest BCUT2D eigenvalue weighted by molar-refractivity contribution is 6.31. The normalized spacial score (nSPS) is 20.9. The molecule has 1 aromatic rings. The lowest BCUT2D eigenvalue weighted by Crippen LogP contribution is -2.21. The van der Waals surface area contributed by atoms with Gasteiger partial charge in [-0.2, -0.15) is 0 Å². The first-order valence-corrected chi connectivity index (χ1v) is 5.79. The molecule has 0 radical (unpaired) electrons. The van der Waals surface area contributed by atoms with E-state index in [2.05, 4.69) is 0 Å². The van der Waals surface area contributed by atoms with E-state index in [1.807, 2.05) is 12.1 Å². The van der Waals surface area contributed by atoms with Crippen LogP contribution < -0.4 is 10.5 Å². The van der Waals surface area contributed by atoms with E-state index in [0.29, 0.717) is 6.54 Å². The van der Waals surface area contributed by atoms with Crippen molar-refractivity contribution in [1.29, 1.82) is 0 Å². The first-order chi connectivity index (χ1) is 7.27. The maximum atomic E-state index is 6.30. The highest BCUT2D eigenvalue weighted by Crippen LogP contribution is 2.53. The van der Waals surface area contributed by atoms with Crippen molar-refractivity contribution in [3.8, 4) is 5.75 Å². The first-order valence-electron chi connectivity index (χ1n) is 5.41. The Morgan fingerprint density at radius 3 is 2.87 bits per heavy atom. The van der Waals surface area contributed by atoms with E-state index in [-0.39, 0.29) is 5.41 Å². The minimum atomic E-state index is 0.163. The standard InChI is InChI=1S/C12H14ClNO/c13-9-1-2-10-8(3-6-15-10)11(9)12(7-14)4-5-12/h1-2H,3-7,14H2. The second kappa shape index (κ2) is 3.13. The zero-order chi connectivity index (χ0) is 10.5. The molecule has 0 amide bonds. The number of fused-ring (bicyclic) bond motifs is 1. The molecular formula is C12H14ClNO. The number of hydrogen-bond donors (Lipinski definition) is 1. The molecule has 0 spiro atoms. The van der Waals surface area contributed by atoms with Crippen molar-refractivity contribution in [2.75, 3.05) is 13.2 Å². The molecule has 0 unspecified atom stereocenters. The third-order valence-corrected chi connectivity index (χ3v) is 3.92. The fourth-order valence-electron chi connectivity index (χ4n) is 2.53. The molecule has 1 fully saturated rings. The topological polar surface area (TPSA) is 35.2 Å². The summed E-state index contributed by atoms with van der Waals surface area (Å²) in [5.74, 6) is 1.01. The lowest BCUT2D eigenvalue weighted by atomic mass is 9.90. The van der Waals surface area contributed by atoms with Crippen LogP contribution in [0.1, 0.15) is 24.0 Å². The molecule has 3 heteroatoms. The van der Waals surface area contributed by atoms with Gasteiger partial charge in [-0.3, -0.25) is 0 Å². The predicted octanol–water partition coefficient (Wildman–Crippen LogP) is 2.27. The molecule has 0 bridgehead atoms. The van der Waals surface area contributed by atoms with Crippen LogP contribution in [-0.4, -0.2) is 13.2 Å². The number of hydrogen-bond acceptors (Lipinski definition) is 2. The summed E-state index contributed by atoms with van der Waals surface area (Å²) in [6, 6.07) is 3.91. The van der Waals surface area contributed by atoms with E-state index in [9.17, 15) is 0 Å². The number of ether oxygens (including phenoxy) is 1. The molecule has 1 aliphatic carbocycles. The minimum absolute atomic E-state index is 0.163. The van der Waals surface area contributed by atoms with Gasteiger partial charge in [-0.25, -0.2) is 0 Å². The second-order valence-electron chi connectivity index (χ2n) is 4.48. The van der Waals surface area contributed by atoms with Crippen LogP contribution in [0.15, 0.2) is 12.1 Å². The van der Waals surface area contributed by atoms with Gasteiger partial charge in [0.05, 0.1) is 6.61 Å². The predicted molar refractivity (Wildman–Crippen MR) is 60.6 cm³/mol. The molecule has 0 atom stereocenters. The van der Waals surface area contributed by atoms with Crippen molar-refractivity contribution in [3.63, 3.8) is 0 Å². The van der Waals surface area contributed by atoms with Crippen molar-refractivity contribution >= 4 is 11.6 Å². The number of halogens is 1. The monoisotopic (exact) mass is 223 g/mol. The molecule has 0 aromatic heterocycles. The zero-order valence-corrected chi connectivity index (χ0v) is 9.31. The maximum absolute atomic E-state index is 6.30. The van der Waals surface area contributed by atoms with Crippen LogP contribution in [0.2, 0.25) is 5.02 Å². The SMILES string of the molecule is NCC1(c2c(Cl)ccc3c2CCO3)CC1. The van der Waals surface area contributed by atoms with E-state index < -0.39 is 0 Å². The average molecular weight is 224 g/mol. The van der Waals surface area contributed by atoms with Gasteiger partial charge in [-0.1, -0.05) is 11.6 Å². The highest BCUT2D eigenvalue weighted by atomic mass is 35.5. The summed E-state index contributed by atoms with van der Waals surface area (Å²) in [5.41, 5.74) is 8.59. The Labute approximate surface area is 94.4 Å². The fourth-order valence-corrected chi connectivity index (χ4v) is 2.90. The fraction of sp³-hybridized carbons (Fsp3) is 0.500. The molecule has 1 saturated carbocycles. The summed E-state index contributed by atoms with van der Waals surface area (Å²) in [5, 5.41) is 0.863.